The van der Waals surface area contributed by atoms with Crippen molar-refractivity contribution >= 4 is 37.5 Å². The highest BCUT2D eigenvalue weighted by molar-refractivity contribution is 7.88. The number of ether oxygens (including phenoxy) is 1. The third-order valence-corrected chi connectivity index (χ3v) is 8.62. The Bertz CT molecular complexity index is 1450. The van der Waals surface area contributed by atoms with Gasteiger partial charge in [0.1, 0.15) is 5.75 Å². The van der Waals surface area contributed by atoms with Crippen LogP contribution >= 0.6 is 9.24 Å². The van der Waals surface area contributed by atoms with E-state index in [2.05, 4.69) is 22.2 Å². The Kier molecular flexibility index (Phi) is 11.2. The highest BCUT2D eigenvalue weighted by Gasteiger charge is 2.23. The molecule has 0 spiro atoms. The van der Waals surface area contributed by atoms with Crippen molar-refractivity contribution in [3.63, 3.8) is 0 Å². The fourth-order valence-electron chi connectivity index (χ4n) is 4.99. The maximum atomic E-state index is 13.4. The van der Waals surface area contributed by atoms with Crippen LogP contribution in [0, 0.1) is 0 Å². The molecule has 0 aromatic heterocycles. The summed E-state index contributed by atoms with van der Waals surface area (Å²) in [5.74, 6) is -4.87. The zero-order valence-corrected chi connectivity index (χ0v) is 25.4. The molecule has 228 valence electrons. The lowest BCUT2D eigenvalue weighted by molar-refractivity contribution is -0.146. The number of alkyl halides is 2. The summed E-state index contributed by atoms with van der Waals surface area (Å²) >= 11 is 0. The lowest BCUT2D eigenvalue weighted by atomic mass is 9.83. The van der Waals surface area contributed by atoms with Crippen LogP contribution in [0.15, 0.2) is 83.1 Å². The van der Waals surface area contributed by atoms with Crippen molar-refractivity contribution in [2.75, 3.05) is 6.54 Å². The molecular formula is C32H34F2NO6PS. The first-order chi connectivity index (χ1) is 20.5. The smallest absolute Gasteiger partial charge is 0.408 e. The quantitative estimate of drug-likeness (QED) is 0.209. The van der Waals surface area contributed by atoms with E-state index < -0.39 is 41.2 Å². The second-order valence-electron chi connectivity index (χ2n) is 10.5. The Balaban J connectivity index is 1.55. The molecule has 1 amide bonds. The SMILES string of the molecule is O=C(NCC(O)C(=O)O)c1ccc(C/C(=C\S(=O)c2ccc(OC(F)(F)P)cc2)c2ccc(C3CCCCC3)cc2)cc1. The van der Waals surface area contributed by atoms with E-state index in [-0.39, 0.29) is 5.75 Å². The second kappa shape index (κ2) is 14.8. The van der Waals surface area contributed by atoms with Gasteiger partial charge in [-0.25, -0.2) is 9.00 Å². The van der Waals surface area contributed by atoms with Crippen LogP contribution in [0.25, 0.3) is 5.57 Å². The Hall–Kier alpha value is -3.46. The van der Waals surface area contributed by atoms with Crippen LogP contribution in [0.5, 0.6) is 5.75 Å². The van der Waals surface area contributed by atoms with Crippen LogP contribution in [0.4, 0.5) is 8.78 Å². The Labute approximate surface area is 254 Å². The van der Waals surface area contributed by atoms with Crippen molar-refractivity contribution in [3.05, 3.63) is 100 Å². The van der Waals surface area contributed by atoms with Crippen molar-refractivity contribution in [3.8, 4) is 5.75 Å². The van der Waals surface area contributed by atoms with Gasteiger partial charge < -0.3 is 20.3 Å². The number of allylic oxidation sites excluding steroid dienone is 1. The average Bonchev–Trinajstić information content (AvgIpc) is 2.99. The highest BCUT2D eigenvalue weighted by atomic mass is 32.2. The lowest BCUT2D eigenvalue weighted by Crippen LogP contribution is -2.36. The van der Waals surface area contributed by atoms with Gasteiger partial charge in [-0.1, -0.05) is 55.7 Å². The molecule has 1 saturated carbocycles. The number of carboxylic acids is 1. The van der Waals surface area contributed by atoms with E-state index in [1.165, 1.54) is 71.2 Å². The molecule has 0 saturated heterocycles. The van der Waals surface area contributed by atoms with Crippen LogP contribution in [0.3, 0.4) is 0 Å². The van der Waals surface area contributed by atoms with Gasteiger partial charge in [0.15, 0.2) is 6.10 Å². The number of amides is 1. The largest absolute Gasteiger partial charge is 0.479 e. The van der Waals surface area contributed by atoms with Gasteiger partial charge in [-0.3, -0.25) is 4.79 Å². The first kappa shape index (κ1) is 32.5. The van der Waals surface area contributed by atoms with Gasteiger partial charge in [0.25, 0.3) is 5.91 Å². The predicted octanol–water partition coefficient (Wildman–Crippen LogP) is 6.11. The molecule has 43 heavy (non-hydrogen) atoms. The number of hydrogen-bond donors (Lipinski definition) is 3. The summed E-state index contributed by atoms with van der Waals surface area (Å²) in [6.07, 6.45) is 4.76. The fourth-order valence-corrected chi connectivity index (χ4v) is 6.14. The molecule has 0 bridgehead atoms. The Morgan fingerprint density at radius 1 is 0.977 bits per heavy atom. The number of benzene rings is 3. The van der Waals surface area contributed by atoms with Gasteiger partial charge in [0.2, 0.25) is 0 Å². The molecule has 3 unspecified atom stereocenters. The molecule has 3 aromatic carbocycles. The summed E-state index contributed by atoms with van der Waals surface area (Å²) < 4.78 is 44.2. The second-order valence-corrected chi connectivity index (χ2v) is 12.4. The van der Waals surface area contributed by atoms with Crippen LogP contribution in [0.2, 0.25) is 0 Å². The zero-order chi connectivity index (χ0) is 31.0. The van der Waals surface area contributed by atoms with Crippen LogP contribution in [0.1, 0.15) is 65.1 Å². The van der Waals surface area contributed by atoms with E-state index in [0.717, 1.165) is 16.7 Å². The van der Waals surface area contributed by atoms with Crippen LogP contribution in [-0.2, 0) is 22.0 Å². The zero-order valence-electron chi connectivity index (χ0n) is 23.4. The summed E-state index contributed by atoms with van der Waals surface area (Å²) in [5.41, 5.74) is 4.10. The first-order valence-corrected chi connectivity index (χ1v) is 15.7. The standard InChI is InChI=1S/C32H34F2NO6PS/c33-32(34,42)41-27-14-16-28(17-15-27)43(40)20-26(24-12-10-23(11-13-24)22-4-2-1-3-5-22)18-21-6-8-25(9-7-21)30(37)35-19-29(36)31(38)39/h6-17,20,22,29,36H,1-5,18-19,42H2,(H,35,37)(H,38,39)/b26-20+. The number of halogens is 2. The van der Waals surface area contributed by atoms with Gasteiger partial charge in [0.05, 0.1) is 17.3 Å². The number of aliphatic hydroxyl groups is 1. The van der Waals surface area contributed by atoms with Gasteiger partial charge in [-0.05, 0) is 93.1 Å². The minimum Gasteiger partial charge on any atom is -0.479 e. The molecule has 4 rings (SSSR count). The number of aliphatic hydroxyl groups excluding tert-OH is 1. The molecule has 0 radical (unpaired) electrons. The third kappa shape index (κ3) is 9.78. The van der Waals surface area contributed by atoms with Crippen molar-refractivity contribution < 1.29 is 37.5 Å². The minimum atomic E-state index is -3.41. The molecule has 3 aromatic rings. The number of carbonyl (C=O) groups is 2. The Morgan fingerprint density at radius 3 is 2.16 bits per heavy atom. The van der Waals surface area contributed by atoms with Crippen molar-refractivity contribution in [2.24, 2.45) is 0 Å². The molecule has 0 heterocycles. The molecule has 1 aliphatic carbocycles. The summed E-state index contributed by atoms with van der Waals surface area (Å²) in [4.78, 5) is 23.6. The van der Waals surface area contributed by atoms with Crippen molar-refractivity contribution in [1.29, 1.82) is 0 Å². The molecule has 3 atom stereocenters. The summed E-state index contributed by atoms with van der Waals surface area (Å²) in [6, 6.07) is 20.7. The number of carbonyl (C=O) groups excluding carboxylic acids is 1. The van der Waals surface area contributed by atoms with E-state index in [9.17, 15) is 27.7 Å². The van der Waals surface area contributed by atoms with Crippen molar-refractivity contribution in [1.82, 2.24) is 5.32 Å². The highest BCUT2D eigenvalue weighted by Crippen LogP contribution is 2.34. The number of hydrogen-bond acceptors (Lipinski definition) is 5. The van der Waals surface area contributed by atoms with Crippen LogP contribution < -0.4 is 10.1 Å². The Morgan fingerprint density at radius 2 is 1.58 bits per heavy atom. The first-order valence-electron chi connectivity index (χ1n) is 13.9. The molecule has 3 N–H and O–H groups in total. The molecule has 1 fully saturated rings. The maximum absolute atomic E-state index is 13.4. The van der Waals surface area contributed by atoms with Gasteiger partial charge in [0, 0.05) is 15.9 Å². The van der Waals surface area contributed by atoms with Gasteiger partial charge in [-0.2, -0.15) is 8.78 Å². The molecule has 7 nitrogen and oxygen atoms in total. The summed E-state index contributed by atoms with van der Waals surface area (Å²) in [5, 5.41) is 22.2. The maximum Gasteiger partial charge on any atom is 0.408 e. The number of nitrogens with one attached hydrogen (secondary N) is 1. The fraction of sp³-hybridized carbons (Fsp3) is 0.312. The molecule has 0 aliphatic heterocycles. The number of aliphatic carboxylic acids is 1. The lowest BCUT2D eigenvalue weighted by Gasteiger charge is -2.22. The van der Waals surface area contributed by atoms with E-state index in [1.807, 2.05) is 12.1 Å². The topological polar surface area (TPSA) is 113 Å². The predicted molar refractivity (Wildman–Crippen MR) is 165 cm³/mol. The molecule has 11 heteroatoms. The molecule has 1 aliphatic rings. The van der Waals surface area contributed by atoms with Gasteiger partial charge >= 0.3 is 11.8 Å². The van der Waals surface area contributed by atoms with E-state index in [1.54, 1.807) is 29.7 Å². The number of carboxylic acid groups (broad SMARTS) is 1. The third-order valence-electron chi connectivity index (χ3n) is 7.27. The van der Waals surface area contributed by atoms with E-state index >= 15 is 0 Å². The van der Waals surface area contributed by atoms with Crippen molar-refractivity contribution in [2.45, 2.75) is 61.3 Å². The number of rotatable bonds is 12. The average molecular weight is 630 g/mol. The van der Waals surface area contributed by atoms with E-state index in [0.29, 0.717) is 22.8 Å². The molecular weight excluding hydrogens is 595 g/mol. The van der Waals surface area contributed by atoms with E-state index in [4.69, 9.17) is 5.11 Å². The summed E-state index contributed by atoms with van der Waals surface area (Å²) in [6.45, 7) is -0.418. The minimum absolute atomic E-state index is 0.0511. The normalized spacial score (nSPS) is 15.9. The monoisotopic (exact) mass is 629 g/mol. The van der Waals surface area contributed by atoms with Gasteiger partial charge in [-0.15, -0.1) is 0 Å². The van der Waals surface area contributed by atoms with Crippen LogP contribution in [-0.4, -0.2) is 44.8 Å². The summed E-state index contributed by atoms with van der Waals surface area (Å²) in [7, 11) is -0.288.